The van der Waals surface area contributed by atoms with E-state index >= 15 is 0 Å². The Balaban J connectivity index is 2.22. The molecule has 4 heteroatoms. The van der Waals surface area contributed by atoms with Crippen LogP contribution in [0, 0.1) is 23.2 Å². The molecule has 0 saturated heterocycles. The minimum absolute atomic E-state index is 0.0660. The molecule has 2 atom stereocenters. The van der Waals surface area contributed by atoms with Crippen molar-refractivity contribution >= 4 is 5.97 Å². The molecule has 2 aromatic carbocycles. The first-order valence-electron chi connectivity index (χ1n) is 7.98. The number of aliphatic hydroxyl groups excluding tert-OH is 1. The minimum atomic E-state index is -0.459. The molecular formula is C21H19NO3. The normalized spacial score (nSPS) is 12.2. The molecule has 2 rings (SSSR count). The first kappa shape index (κ1) is 18.3. The van der Waals surface area contributed by atoms with Crippen LogP contribution < -0.4 is 0 Å². The first-order chi connectivity index (χ1) is 12.3. The number of benzene rings is 2. The fraction of sp³-hybridized carbons (Fsp3) is 0.238. The highest BCUT2D eigenvalue weighted by molar-refractivity contribution is 5.71. The van der Waals surface area contributed by atoms with Gasteiger partial charge in [-0.1, -0.05) is 72.5 Å². The molecule has 0 radical (unpaired) electrons. The number of esters is 1. The highest BCUT2D eigenvalue weighted by Gasteiger charge is 2.27. The lowest BCUT2D eigenvalue weighted by Gasteiger charge is -2.22. The zero-order valence-electron chi connectivity index (χ0n) is 13.8. The van der Waals surface area contributed by atoms with Gasteiger partial charge in [0, 0.05) is 5.92 Å². The average Bonchev–Trinajstić information content (AvgIpc) is 2.66. The number of hydrogen-bond donors (Lipinski definition) is 1. The largest absolute Gasteiger partial charge is 0.452 e. The maximum atomic E-state index is 12.2. The van der Waals surface area contributed by atoms with Crippen LogP contribution in [-0.2, 0) is 9.53 Å². The van der Waals surface area contributed by atoms with Gasteiger partial charge in [-0.15, -0.1) is 0 Å². The molecule has 25 heavy (non-hydrogen) atoms. The summed E-state index contributed by atoms with van der Waals surface area (Å²) in [5.41, 5.74) is 1.78. The van der Waals surface area contributed by atoms with E-state index in [0.29, 0.717) is 0 Å². The molecule has 0 aliphatic carbocycles. The van der Waals surface area contributed by atoms with Crippen LogP contribution in [0.5, 0.6) is 0 Å². The molecule has 0 aliphatic heterocycles. The van der Waals surface area contributed by atoms with Crippen LogP contribution in [0.4, 0.5) is 0 Å². The molecule has 0 bridgehead atoms. The number of carbonyl (C=O) groups is 1. The van der Waals surface area contributed by atoms with Gasteiger partial charge in [-0.2, -0.15) is 5.26 Å². The van der Waals surface area contributed by atoms with E-state index in [1.54, 1.807) is 0 Å². The Labute approximate surface area is 147 Å². The Kier molecular flexibility index (Phi) is 7.25. The third kappa shape index (κ3) is 5.49. The van der Waals surface area contributed by atoms with Crippen molar-refractivity contribution in [1.82, 2.24) is 0 Å². The van der Waals surface area contributed by atoms with Crippen LogP contribution in [0.1, 0.15) is 29.4 Å². The van der Waals surface area contributed by atoms with Gasteiger partial charge in [0.2, 0.25) is 0 Å². The summed E-state index contributed by atoms with van der Waals surface area (Å²) in [6.45, 7) is -0.335. The second-order valence-electron chi connectivity index (χ2n) is 5.41. The van der Waals surface area contributed by atoms with Crippen LogP contribution in [0.15, 0.2) is 60.7 Å². The highest BCUT2D eigenvalue weighted by Crippen LogP contribution is 2.35. The summed E-state index contributed by atoms with van der Waals surface area (Å²) in [4.78, 5) is 12.2. The number of carbonyl (C=O) groups excluding carboxylic acids is 1. The van der Waals surface area contributed by atoms with Gasteiger partial charge < -0.3 is 9.84 Å². The van der Waals surface area contributed by atoms with Gasteiger partial charge in [-0.25, -0.2) is 0 Å². The lowest BCUT2D eigenvalue weighted by molar-refractivity contribution is -0.142. The first-order valence-corrected chi connectivity index (χ1v) is 7.98. The topological polar surface area (TPSA) is 70.3 Å². The van der Waals surface area contributed by atoms with Gasteiger partial charge in [-0.05, 0) is 11.1 Å². The SMILES string of the molecule is N#CC(c1ccccc1)C(CC(=O)OCC#CCO)c1ccccc1. The number of hydrogen-bond acceptors (Lipinski definition) is 4. The van der Waals surface area contributed by atoms with Crippen LogP contribution in [0.3, 0.4) is 0 Å². The fourth-order valence-electron chi connectivity index (χ4n) is 2.65. The predicted molar refractivity (Wildman–Crippen MR) is 94.4 cm³/mol. The molecule has 0 spiro atoms. The van der Waals surface area contributed by atoms with Crippen LogP contribution in [0.25, 0.3) is 0 Å². The quantitative estimate of drug-likeness (QED) is 0.652. The Hall–Kier alpha value is -3.08. The average molecular weight is 333 g/mol. The third-order valence-electron chi connectivity index (χ3n) is 3.82. The lowest BCUT2D eigenvalue weighted by Crippen LogP contribution is -2.16. The summed E-state index contributed by atoms with van der Waals surface area (Å²) in [7, 11) is 0. The molecule has 0 amide bonds. The van der Waals surface area contributed by atoms with E-state index in [9.17, 15) is 10.1 Å². The summed E-state index contributed by atoms with van der Waals surface area (Å²) in [5.74, 6) is 3.78. The van der Waals surface area contributed by atoms with Gasteiger partial charge in [0.25, 0.3) is 0 Å². The van der Waals surface area contributed by atoms with E-state index < -0.39 is 11.9 Å². The number of rotatable bonds is 6. The maximum absolute atomic E-state index is 12.2. The van der Waals surface area contributed by atoms with E-state index in [-0.39, 0.29) is 25.6 Å². The molecule has 0 fully saturated rings. The van der Waals surface area contributed by atoms with Gasteiger partial charge >= 0.3 is 5.97 Å². The van der Waals surface area contributed by atoms with E-state index in [1.807, 2.05) is 60.7 Å². The molecule has 2 unspecified atom stereocenters. The molecule has 0 aliphatic rings. The number of ether oxygens (including phenoxy) is 1. The fourth-order valence-corrected chi connectivity index (χ4v) is 2.65. The summed E-state index contributed by atoms with van der Waals surface area (Å²) in [5, 5.41) is 18.3. The van der Waals surface area contributed by atoms with Crippen molar-refractivity contribution < 1.29 is 14.6 Å². The summed E-state index contributed by atoms with van der Waals surface area (Å²) < 4.78 is 5.09. The van der Waals surface area contributed by atoms with Gasteiger partial charge in [0.1, 0.15) is 6.61 Å². The lowest BCUT2D eigenvalue weighted by atomic mass is 9.80. The van der Waals surface area contributed by atoms with E-state index in [2.05, 4.69) is 17.9 Å². The Morgan fingerprint density at radius 1 is 1.00 bits per heavy atom. The Morgan fingerprint density at radius 2 is 1.60 bits per heavy atom. The van der Waals surface area contributed by atoms with Crippen molar-refractivity contribution in [2.75, 3.05) is 13.2 Å². The second-order valence-corrected chi connectivity index (χ2v) is 5.41. The van der Waals surface area contributed by atoms with Crippen molar-refractivity contribution in [2.24, 2.45) is 0 Å². The molecular weight excluding hydrogens is 314 g/mol. The third-order valence-corrected chi connectivity index (χ3v) is 3.82. The molecule has 2 aromatic rings. The van der Waals surface area contributed by atoms with Crippen molar-refractivity contribution in [3.8, 4) is 17.9 Å². The van der Waals surface area contributed by atoms with Crippen molar-refractivity contribution in [3.63, 3.8) is 0 Å². The Bertz CT molecular complexity index is 770. The Morgan fingerprint density at radius 3 is 2.16 bits per heavy atom. The molecule has 0 heterocycles. The van der Waals surface area contributed by atoms with E-state index in [4.69, 9.17) is 9.84 Å². The molecule has 126 valence electrons. The molecule has 1 N–H and O–H groups in total. The maximum Gasteiger partial charge on any atom is 0.307 e. The second kappa shape index (κ2) is 9.93. The van der Waals surface area contributed by atoms with Gasteiger partial charge in [0.05, 0.1) is 18.4 Å². The van der Waals surface area contributed by atoms with Gasteiger partial charge in [0.15, 0.2) is 6.61 Å². The molecule has 0 aromatic heterocycles. The van der Waals surface area contributed by atoms with Gasteiger partial charge in [-0.3, -0.25) is 4.79 Å². The smallest absolute Gasteiger partial charge is 0.307 e. The monoisotopic (exact) mass is 333 g/mol. The highest BCUT2D eigenvalue weighted by atomic mass is 16.5. The minimum Gasteiger partial charge on any atom is -0.452 e. The number of nitrogens with zero attached hydrogens (tertiary/aromatic N) is 1. The van der Waals surface area contributed by atoms with Crippen molar-refractivity contribution in [1.29, 1.82) is 5.26 Å². The van der Waals surface area contributed by atoms with Crippen LogP contribution in [-0.4, -0.2) is 24.3 Å². The van der Waals surface area contributed by atoms with Crippen molar-refractivity contribution in [3.05, 3.63) is 71.8 Å². The standard InChI is InChI=1S/C21H19NO3/c22-16-20(18-11-5-2-6-12-18)19(17-9-3-1-4-10-17)15-21(24)25-14-8-7-13-23/h1-6,9-12,19-20,23H,13-15H2. The molecule has 4 nitrogen and oxygen atoms in total. The summed E-state index contributed by atoms with van der Waals surface area (Å²) >= 11 is 0. The van der Waals surface area contributed by atoms with Crippen LogP contribution >= 0.6 is 0 Å². The number of nitriles is 1. The van der Waals surface area contributed by atoms with E-state index in [1.165, 1.54) is 0 Å². The zero-order chi connectivity index (χ0) is 17.9. The van der Waals surface area contributed by atoms with Crippen molar-refractivity contribution in [2.45, 2.75) is 18.3 Å². The predicted octanol–water partition coefficient (Wildman–Crippen LogP) is 3.01. The summed E-state index contributed by atoms with van der Waals surface area (Å²) in [6, 6.07) is 21.3. The number of aliphatic hydroxyl groups is 1. The zero-order valence-corrected chi connectivity index (χ0v) is 13.8. The van der Waals surface area contributed by atoms with E-state index in [0.717, 1.165) is 11.1 Å². The molecule has 0 saturated carbocycles. The summed E-state index contributed by atoms with van der Waals surface area (Å²) in [6.07, 6.45) is 0.0813. The van der Waals surface area contributed by atoms with Crippen LogP contribution in [0.2, 0.25) is 0 Å².